The summed E-state index contributed by atoms with van der Waals surface area (Å²) in [6, 6.07) is 0. The number of amides is 1. The summed E-state index contributed by atoms with van der Waals surface area (Å²) in [6.07, 6.45) is 5.77. The summed E-state index contributed by atoms with van der Waals surface area (Å²) in [6.45, 7) is 0.281. The van der Waals surface area contributed by atoms with Crippen molar-refractivity contribution >= 4 is 55.5 Å². The van der Waals surface area contributed by atoms with Crippen LogP contribution in [0.1, 0.15) is 12.1 Å². The zero-order valence-corrected chi connectivity index (χ0v) is 17.4. The highest BCUT2D eigenvalue weighted by molar-refractivity contribution is 9.12. The smallest absolute Gasteiger partial charge is 0.269 e. The molecule has 1 spiro atoms. The van der Waals surface area contributed by atoms with Crippen molar-refractivity contribution in [2.75, 3.05) is 19.4 Å². The van der Waals surface area contributed by atoms with Gasteiger partial charge in [-0.25, -0.2) is 4.98 Å². The lowest BCUT2D eigenvalue weighted by Crippen LogP contribution is -2.45. The average molecular weight is 503 g/mol. The Morgan fingerprint density at radius 3 is 3.07 bits per heavy atom. The number of carbonyl (C=O) groups excluding carboxylic acids is 1. The van der Waals surface area contributed by atoms with Gasteiger partial charge in [0.1, 0.15) is 17.6 Å². The van der Waals surface area contributed by atoms with Gasteiger partial charge < -0.3 is 30.7 Å². The third kappa shape index (κ3) is 3.94. The number of rotatable bonds is 5. The van der Waals surface area contributed by atoms with Gasteiger partial charge in [-0.1, -0.05) is 11.2 Å². The fourth-order valence-electron chi connectivity index (χ4n) is 2.69. The van der Waals surface area contributed by atoms with Gasteiger partial charge in [0.05, 0.1) is 28.0 Å². The first-order valence-electron chi connectivity index (χ1n) is 7.87. The molecule has 0 unspecified atom stereocenters. The van der Waals surface area contributed by atoms with Crippen molar-refractivity contribution in [2.24, 2.45) is 5.16 Å². The van der Waals surface area contributed by atoms with Gasteiger partial charge in [-0.15, -0.1) is 0 Å². The molecule has 1 aliphatic heterocycles. The molecule has 1 aromatic rings. The number of aromatic amines is 1. The predicted octanol–water partition coefficient (Wildman–Crippen LogP) is 1.54. The molecule has 1 aliphatic carbocycles. The van der Waals surface area contributed by atoms with Gasteiger partial charge in [0, 0.05) is 13.0 Å². The Balaban J connectivity index is 1.59. The minimum absolute atomic E-state index is 0.113. The van der Waals surface area contributed by atoms with E-state index in [9.17, 15) is 9.90 Å². The number of hydrogen-bond acceptors (Lipinski definition) is 7. The second-order valence-corrected chi connectivity index (χ2v) is 7.58. The second-order valence-electron chi connectivity index (χ2n) is 5.87. The van der Waals surface area contributed by atoms with Crippen LogP contribution in [0.3, 0.4) is 0 Å². The van der Waals surface area contributed by atoms with Crippen LogP contribution in [0.5, 0.6) is 0 Å². The van der Waals surface area contributed by atoms with Crippen molar-refractivity contribution in [2.45, 2.75) is 18.1 Å². The van der Waals surface area contributed by atoms with Crippen LogP contribution in [-0.2, 0) is 14.4 Å². The SMILES string of the molecule is COC1=C(Br)[C@H](O)[C@@]2(C=C1Br)CC(C(=O)NCC=Cc1cnc(N)[nH]1)=NO2. The second kappa shape index (κ2) is 7.87. The highest BCUT2D eigenvalue weighted by atomic mass is 79.9. The molecule has 0 radical (unpaired) electrons. The molecule has 11 heteroatoms. The number of oxime groups is 1. The molecule has 27 heavy (non-hydrogen) atoms. The molecule has 2 heterocycles. The maximum Gasteiger partial charge on any atom is 0.269 e. The summed E-state index contributed by atoms with van der Waals surface area (Å²) in [7, 11) is 1.49. The number of nitrogens with two attached hydrogens (primary N) is 1. The number of halogens is 2. The molecule has 0 saturated carbocycles. The van der Waals surface area contributed by atoms with Crippen molar-refractivity contribution in [1.29, 1.82) is 0 Å². The summed E-state index contributed by atoms with van der Waals surface area (Å²) in [5.74, 6) is 0.401. The number of nitrogen functional groups attached to an aromatic ring is 1. The third-order valence-electron chi connectivity index (χ3n) is 4.04. The largest absolute Gasteiger partial charge is 0.495 e. The summed E-state index contributed by atoms with van der Waals surface area (Å²) in [5, 5.41) is 17.2. The Hall–Kier alpha value is -2.11. The molecule has 9 nitrogen and oxygen atoms in total. The Labute approximate surface area is 171 Å². The molecule has 1 amide bonds. The number of ether oxygens (including phenoxy) is 1. The monoisotopic (exact) mass is 501 g/mol. The number of H-pyrrole nitrogens is 1. The van der Waals surface area contributed by atoms with E-state index in [0.717, 1.165) is 5.69 Å². The summed E-state index contributed by atoms with van der Waals surface area (Å²) >= 11 is 6.69. The molecule has 0 fully saturated rings. The fraction of sp³-hybridized carbons (Fsp3) is 0.312. The van der Waals surface area contributed by atoms with Crippen molar-refractivity contribution in [3.8, 4) is 0 Å². The molecule has 5 N–H and O–H groups in total. The first kappa shape index (κ1) is 19.6. The molecule has 2 atom stereocenters. The first-order chi connectivity index (χ1) is 12.9. The maximum absolute atomic E-state index is 12.3. The van der Waals surface area contributed by atoms with Gasteiger partial charge in [0.2, 0.25) is 0 Å². The molecular formula is C16H17Br2N5O4. The van der Waals surface area contributed by atoms with E-state index in [1.54, 1.807) is 24.4 Å². The number of nitrogens with one attached hydrogen (secondary N) is 2. The van der Waals surface area contributed by atoms with E-state index in [1.807, 2.05) is 0 Å². The summed E-state index contributed by atoms with van der Waals surface area (Å²) in [5.41, 5.74) is 5.23. The molecule has 3 rings (SSSR count). The number of anilines is 1. The highest BCUT2D eigenvalue weighted by Gasteiger charge is 2.50. The molecule has 0 bridgehead atoms. The minimum Gasteiger partial charge on any atom is -0.495 e. The Morgan fingerprint density at radius 1 is 1.63 bits per heavy atom. The number of nitrogens with zero attached hydrogens (tertiary/aromatic N) is 2. The van der Waals surface area contributed by atoms with Gasteiger partial charge in [-0.3, -0.25) is 4.79 Å². The van der Waals surface area contributed by atoms with Crippen LogP contribution in [0, 0.1) is 0 Å². The lowest BCUT2D eigenvalue weighted by molar-refractivity contribution is -0.114. The van der Waals surface area contributed by atoms with Crippen molar-refractivity contribution in [3.05, 3.63) is 38.8 Å². The van der Waals surface area contributed by atoms with Gasteiger partial charge in [-0.05, 0) is 44.0 Å². The van der Waals surface area contributed by atoms with Crippen LogP contribution in [0.2, 0.25) is 0 Å². The van der Waals surface area contributed by atoms with E-state index in [-0.39, 0.29) is 24.6 Å². The number of aromatic nitrogens is 2. The predicted molar refractivity (Wildman–Crippen MR) is 107 cm³/mol. The Bertz CT molecular complexity index is 876. The summed E-state index contributed by atoms with van der Waals surface area (Å²) in [4.78, 5) is 24.5. The number of allylic oxidation sites excluding steroid dienone is 1. The molecule has 0 saturated heterocycles. The van der Waals surface area contributed by atoms with Gasteiger partial charge >= 0.3 is 0 Å². The molecular weight excluding hydrogens is 486 g/mol. The molecule has 0 aromatic carbocycles. The number of aliphatic hydroxyl groups is 1. The van der Waals surface area contributed by atoms with Crippen molar-refractivity contribution in [3.63, 3.8) is 0 Å². The van der Waals surface area contributed by atoms with E-state index in [1.165, 1.54) is 7.11 Å². The number of hydrogen-bond donors (Lipinski definition) is 4. The van der Waals surface area contributed by atoms with Crippen LogP contribution < -0.4 is 11.1 Å². The van der Waals surface area contributed by atoms with E-state index >= 15 is 0 Å². The van der Waals surface area contributed by atoms with Gasteiger partial charge in [-0.2, -0.15) is 0 Å². The van der Waals surface area contributed by atoms with E-state index in [2.05, 4.69) is 52.3 Å². The lowest BCUT2D eigenvalue weighted by atomic mass is 9.87. The molecule has 2 aliphatic rings. The minimum atomic E-state index is -1.17. The van der Waals surface area contributed by atoms with E-state index < -0.39 is 11.7 Å². The zero-order valence-electron chi connectivity index (χ0n) is 14.2. The Morgan fingerprint density at radius 2 is 2.41 bits per heavy atom. The molecule has 144 valence electrons. The number of carbonyl (C=O) groups is 1. The van der Waals surface area contributed by atoms with E-state index in [0.29, 0.717) is 20.7 Å². The number of imidazole rings is 1. The quantitative estimate of drug-likeness (QED) is 0.482. The van der Waals surface area contributed by atoms with Gasteiger partial charge in [0.15, 0.2) is 11.5 Å². The Kier molecular flexibility index (Phi) is 5.72. The third-order valence-corrected chi connectivity index (χ3v) is 5.42. The first-order valence-corrected chi connectivity index (χ1v) is 9.45. The lowest BCUT2D eigenvalue weighted by Gasteiger charge is -2.33. The van der Waals surface area contributed by atoms with Crippen molar-refractivity contribution < 1.29 is 19.5 Å². The van der Waals surface area contributed by atoms with Crippen LogP contribution >= 0.6 is 31.9 Å². The summed E-state index contributed by atoms with van der Waals surface area (Å²) < 4.78 is 6.24. The van der Waals surface area contributed by atoms with Crippen LogP contribution in [-0.4, -0.2) is 52.1 Å². The van der Waals surface area contributed by atoms with Crippen molar-refractivity contribution in [1.82, 2.24) is 15.3 Å². The maximum atomic E-state index is 12.3. The van der Waals surface area contributed by atoms with E-state index in [4.69, 9.17) is 15.3 Å². The van der Waals surface area contributed by atoms with Crippen LogP contribution in [0.15, 0.2) is 38.2 Å². The molecule has 1 aromatic heterocycles. The van der Waals surface area contributed by atoms with Crippen LogP contribution in [0.25, 0.3) is 6.08 Å². The van der Waals surface area contributed by atoms with Gasteiger partial charge in [0.25, 0.3) is 5.91 Å². The average Bonchev–Trinajstić information content (AvgIpc) is 3.24. The number of methoxy groups -OCH3 is 1. The standard InChI is InChI=1S/C16H17Br2N5O4/c1-26-12-9(17)5-16(13(24)11(12)18)6-10(23-27-16)14(25)20-4-2-3-8-7-21-15(19)22-8/h2-3,5,7,13,24H,4,6H2,1H3,(H,20,25)(H3,19,21,22)/t13-,16+/m0/s1. The normalized spacial score (nSPS) is 24.8. The number of aliphatic hydroxyl groups excluding tert-OH is 1. The van der Waals surface area contributed by atoms with Crippen LogP contribution in [0.4, 0.5) is 5.95 Å². The zero-order chi connectivity index (χ0) is 19.6. The highest BCUT2D eigenvalue weighted by Crippen LogP contribution is 2.43. The fourth-order valence-corrected chi connectivity index (χ4v) is 4.49. The topological polar surface area (TPSA) is 135 Å².